The number of hydrogen-bond acceptors (Lipinski definition) is 4. The Labute approximate surface area is 126 Å². The Morgan fingerprint density at radius 3 is 2.29 bits per heavy atom. The van der Waals surface area contributed by atoms with Crippen molar-refractivity contribution in [1.29, 1.82) is 0 Å². The van der Waals surface area contributed by atoms with E-state index in [2.05, 4.69) is 36.1 Å². The highest BCUT2D eigenvalue weighted by Gasteiger charge is 2.36. The molecular formula is C17H24N2O2. The van der Waals surface area contributed by atoms with Crippen molar-refractivity contribution in [2.24, 2.45) is 0 Å². The molecule has 0 aliphatic carbocycles. The Kier molecular flexibility index (Phi) is 4.78. The number of aliphatic hydroxyl groups excluding tert-OH is 1. The first-order valence-electron chi connectivity index (χ1n) is 7.62. The van der Waals surface area contributed by atoms with E-state index < -0.39 is 6.10 Å². The molecule has 0 saturated carbocycles. The van der Waals surface area contributed by atoms with Gasteiger partial charge in [0.1, 0.15) is 0 Å². The minimum Gasteiger partial charge on any atom is -0.393 e. The second-order valence-electron chi connectivity index (χ2n) is 5.64. The summed E-state index contributed by atoms with van der Waals surface area (Å²) < 4.78 is 5.40. The lowest BCUT2D eigenvalue weighted by Gasteiger charge is -2.28. The minimum absolute atomic E-state index is 0.159. The predicted molar refractivity (Wildman–Crippen MR) is 82.2 cm³/mol. The van der Waals surface area contributed by atoms with Crippen LogP contribution in [0.2, 0.25) is 0 Å². The molecule has 4 heteroatoms. The molecule has 0 saturated heterocycles. The zero-order valence-electron chi connectivity index (χ0n) is 13.2. The largest absolute Gasteiger partial charge is 0.393 e. The van der Waals surface area contributed by atoms with E-state index in [1.54, 1.807) is 6.92 Å². The molecule has 0 radical (unpaired) electrons. The molecule has 0 bridgehead atoms. The van der Waals surface area contributed by atoms with Gasteiger partial charge in [-0.05, 0) is 25.3 Å². The van der Waals surface area contributed by atoms with Gasteiger partial charge in [0.05, 0.1) is 17.4 Å². The summed E-state index contributed by atoms with van der Waals surface area (Å²) >= 11 is 0. The van der Waals surface area contributed by atoms with Crippen LogP contribution in [0.15, 0.2) is 34.9 Å². The summed E-state index contributed by atoms with van der Waals surface area (Å²) in [7, 11) is 0. The molecule has 2 atom stereocenters. The van der Waals surface area contributed by atoms with E-state index in [0.717, 1.165) is 12.8 Å². The van der Waals surface area contributed by atoms with E-state index >= 15 is 0 Å². The van der Waals surface area contributed by atoms with Crippen molar-refractivity contribution >= 4 is 0 Å². The van der Waals surface area contributed by atoms with Crippen LogP contribution in [-0.2, 0) is 5.41 Å². The summed E-state index contributed by atoms with van der Waals surface area (Å²) in [4.78, 5) is 4.58. The molecule has 0 fully saturated rings. The zero-order chi connectivity index (χ0) is 15.5. The number of benzene rings is 1. The average Bonchev–Trinajstić information content (AvgIpc) is 2.99. The van der Waals surface area contributed by atoms with Gasteiger partial charge < -0.3 is 9.63 Å². The zero-order valence-corrected chi connectivity index (χ0v) is 13.2. The normalized spacial score (nSPS) is 14.9. The number of rotatable bonds is 6. The summed E-state index contributed by atoms with van der Waals surface area (Å²) in [6.07, 6.45) is 1.29. The Balaban J connectivity index is 2.45. The van der Waals surface area contributed by atoms with Crippen molar-refractivity contribution in [2.75, 3.05) is 0 Å². The second-order valence-corrected chi connectivity index (χ2v) is 5.64. The molecule has 0 spiro atoms. The molecule has 1 N–H and O–H groups in total. The van der Waals surface area contributed by atoms with Gasteiger partial charge in [0.2, 0.25) is 5.89 Å². The van der Waals surface area contributed by atoms with E-state index in [1.807, 2.05) is 25.1 Å². The quantitative estimate of drug-likeness (QED) is 0.881. The van der Waals surface area contributed by atoms with Gasteiger partial charge in [-0.3, -0.25) is 0 Å². The third-order valence-electron chi connectivity index (χ3n) is 4.52. The molecule has 4 nitrogen and oxygen atoms in total. The molecule has 2 unspecified atom stereocenters. The molecule has 114 valence electrons. The van der Waals surface area contributed by atoms with Gasteiger partial charge >= 0.3 is 0 Å². The SMILES string of the molecule is CCC(CC)(c1ccccc1)c1noc(C(C)C(C)O)n1. The van der Waals surface area contributed by atoms with Crippen molar-refractivity contribution in [3.8, 4) is 0 Å². The van der Waals surface area contributed by atoms with Crippen molar-refractivity contribution in [1.82, 2.24) is 10.1 Å². The summed E-state index contributed by atoms with van der Waals surface area (Å²) in [6, 6.07) is 10.3. The monoisotopic (exact) mass is 288 g/mol. The first-order chi connectivity index (χ1) is 10.0. The summed E-state index contributed by atoms with van der Waals surface area (Å²) in [6.45, 7) is 7.91. The maximum Gasteiger partial charge on any atom is 0.232 e. The lowest BCUT2D eigenvalue weighted by Crippen LogP contribution is -2.27. The number of aromatic nitrogens is 2. The highest BCUT2D eigenvalue weighted by molar-refractivity contribution is 5.32. The Morgan fingerprint density at radius 2 is 1.76 bits per heavy atom. The van der Waals surface area contributed by atoms with E-state index in [0.29, 0.717) is 11.7 Å². The third-order valence-corrected chi connectivity index (χ3v) is 4.52. The first kappa shape index (κ1) is 15.7. The molecule has 1 aromatic carbocycles. The van der Waals surface area contributed by atoms with Crippen LogP contribution in [-0.4, -0.2) is 21.4 Å². The number of hydrogen-bond donors (Lipinski definition) is 1. The molecule has 1 heterocycles. The summed E-state index contributed by atoms with van der Waals surface area (Å²) in [5.41, 5.74) is 0.966. The maximum absolute atomic E-state index is 9.69. The van der Waals surface area contributed by atoms with Gasteiger partial charge in [-0.1, -0.05) is 56.3 Å². The molecular weight excluding hydrogens is 264 g/mol. The lowest BCUT2D eigenvalue weighted by atomic mass is 9.75. The Hall–Kier alpha value is -1.68. The second kappa shape index (κ2) is 6.39. The fourth-order valence-electron chi connectivity index (χ4n) is 2.68. The molecule has 0 aliphatic heterocycles. The van der Waals surface area contributed by atoms with E-state index in [9.17, 15) is 5.11 Å². The van der Waals surface area contributed by atoms with Crippen LogP contribution in [0.1, 0.15) is 63.7 Å². The van der Waals surface area contributed by atoms with Crippen LogP contribution in [0, 0.1) is 0 Å². The molecule has 0 aliphatic rings. The summed E-state index contributed by atoms with van der Waals surface area (Å²) in [5, 5.41) is 13.9. The third kappa shape index (κ3) is 2.86. The standard InChI is InChI=1S/C17H24N2O2/c1-5-17(6-2,14-10-8-7-9-11-14)16-18-15(21-19-16)12(3)13(4)20/h7-13,20H,5-6H2,1-4H3. The van der Waals surface area contributed by atoms with E-state index in [4.69, 9.17) is 4.52 Å². The minimum atomic E-state index is -0.507. The van der Waals surface area contributed by atoms with Gasteiger partial charge in [-0.2, -0.15) is 4.98 Å². The fraction of sp³-hybridized carbons (Fsp3) is 0.529. The highest BCUT2D eigenvalue weighted by atomic mass is 16.5. The number of aliphatic hydroxyl groups is 1. The van der Waals surface area contributed by atoms with Crippen molar-refractivity contribution < 1.29 is 9.63 Å². The predicted octanol–water partition coefficient (Wildman–Crippen LogP) is 3.66. The lowest BCUT2D eigenvalue weighted by molar-refractivity contribution is 0.151. The van der Waals surface area contributed by atoms with E-state index in [-0.39, 0.29) is 11.3 Å². The smallest absolute Gasteiger partial charge is 0.232 e. The highest BCUT2D eigenvalue weighted by Crippen LogP contribution is 2.37. The van der Waals surface area contributed by atoms with Crippen LogP contribution >= 0.6 is 0 Å². The Morgan fingerprint density at radius 1 is 1.14 bits per heavy atom. The molecule has 0 amide bonds. The van der Waals surface area contributed by atoms with Gasteiger partial charge in [0.15, 0.2) is 5.82 Å². The van der Waals surface area contributed by atoms with Crippen molar-refractivity contribution in [3.05, 3.63) is 47.6 Å². The average molecular weight is 288 g/mol. The van der Waals surface area contributed by atoms with Gasteiger partial charge in [-0.25, -0.2) is 0 Å². The fourth-order valence-corrected chi connectivity index (χ4v) is 2.68. The van der Waals surface area contributed by atoms with Crippen LogP contribution < -0.4 is 0 Å². The van der Waals surface area contributed by atoms with Crippen LogP contribution in [0.3, 0.4) is 0 Å². The molecule has 1 aromatic heterocycles. The maximum atomic E-state index is 9.69. The van der Waals surface area contributed by atoms with Gasteiger partial charge in [0.25, 0.3) is 0 Å². The summed E-state index contributed by atoms with van der Waals surface area (Å²) in [5.74, 6) is 1.05. The number of nitrogens with zero attached hydrogens (tertiary/aromatic N) is 2. The van der Waals surface area contributed by atoms with Crippen LogP contribution in [0.4, 0.5) is 0 Å². The first-order valence-corrected chi connectivity index (χ1v) is 7.62. The topological polar surface area (TPSA) is 59.2 Å². The van der Waals surface area contributed by atoms with Crippen molar-refractivity contribution in [3.63, 3.8) is 0 Å². The van der Waals surface area contributed by atoms with E-state index in [1.165, 1.54) is 5.56 Å². The van der Waals surface area contributed by atoms with Crippen molar-refractivity contribution in [2.45, 2.75) is 58.0 Å². The molecule has 2 aromatic rings. The molecule has 2 rings (SSSR count). The van der Waals surface area contributed by atoms with Gasteiger partial charge in [0, 0.05) is 0 Å². The van der Waals surface area contributed by atoms with Crippen LogP contribution in [0.5, 0.6) is 0 Å². The Bertz CT molecular complexity index is 559. The van der Waals surface area contributed by atoms with Crippen LogP contribution in [0.25, 0.3) is 0 Å². The van der Waals surface area contributed by atoms with Gasteiger partial charge in [-0.15, -0.1) is 0 Å². The molecule has 21 heavy (non-hydrogen) atoms.